The van der Waals surface area contributed by atoms with E-state index in [9.17, 15) is 29.7 Å². The van der Waals surface area contributed by atoms with Gasteiger partial charge in [0.1, 0.15) is 34.6 Å². The lowest BCUT2D eigenvalue weighted by molar-refractivity contribution is -0.160. The summed E-state index contributed by atoms with van der Waals surface area (Å²) in [5.74, 6) is 1.31. The van der Waals surface area contributed by atoms with Crippen LogP contribution in [0.2, 0.25) is 0 Å². The minimum atomic E-state index is -1.06. The number of carbonyl (C=O) groups excluding carboxylic acids is 3. The first-order chi connectivity index (χ1) is 29.7. The third-order valence-electron chi connectivity index (χ3n) is 12.2. The number of pyridine rings is 1. The highest BCUT2D eigenvalue weighted by molar-refractivity contribution is 6.18. The highest BCUT2D eigenvalue weighted by Gasteiger charge is 2.39. The second-order valence-corrected chi connectivity index (χ2v) is 16.4. The Morgan fingerprint density at radius 2 is 1.79 bits per heavy atom. The van der Waals surface area contributed by atoms with Crippen LogP contribution in [-0.2, 0) is 28.5 Å². The molecule has 1 amide bonds. The molecule has 1 aliphatic carbocycles. The average Bonchev–Trinajstić information content (AvgIpc) is 3.57. The van der Waals surface area contributed by atoms with E-state index >= 15 is 0 Å². The van der Waals surface area contributed by atoms with Crippen LogP contribution < -0.4 is 21.2 Å². The number of phenolic OH excluding ortho intramolecular Hbond substituents is 1. The number of aromatic nitrogens is 2. The molecule has 3 aromatic rings. The van der Waals surface area contributed by atoms with Crippen molar-refractivity contribution in [2.75, 3.05) is 45.8 Å². The van der Waals surface area contributed by atoms with Gasteiger partial charge in [0, 0.05) is 81.1 Å². The minimum absolute atomic E-state index is 0.0141. The van der Waals surface area contributed by atoms with Crippen LogP contribution in [0.25, 0.3) is 28.5 Å². The number of morpholine rings is 1. The summed E-state index contributed by atoms with van der Waals surface area (Å²) in [6.07, 6.45) is 8.90. The fourth-order valence-electron chi connectivity index (χ4n) is 8.56. The second kappa shape index (κ2) is 20.2. The molecule has 1 fully saturated rings. The van der Waals surface area contributed by atoms with Crippen molar-refractivity contribution in [3.8, 4) is 17.6 Å². The van der Waals surface area contributed by atoms with E-state index in [0.29, 0.717) is 53.5 Å². The first-order valence-corrected chi connectivity index (χ1v) is 21.1. The van der Waals surface area contributed by atoms with E-state index in [1.165, 1.54) is 14.0 Å². The monoisotopic (exact) mass is 853 g/mol. The highest BCUT2D eigenvalue weighted by Crippen LogP contribution is 2.37. The van der Waals surface area contributed by atoms with Crippen molar-refractivity contribution >= 4 is 51.8 Å². The Kier molecular flexibility index (Phi) is 15.1. The number of anilines is 1. The number of nitrogens with zero attached hydrogens (tertiary/aromatic N) is 3. The third kappa shape index (κ3) is 9.81. The molecule has 0 radical (unpaired) electrons. The lowest BCUT2D eigenvalue weighted by Gasteiger charge is -2.38. The summed E-state index contributed by atoms with van der Waals surface area (Å²) < 4.78 is 24.9. The number of imidazole rings is 1. The third-order valence-corrected chi connectivity index (χ3v) is 12.2. The van der Waals surface area contributed by atoms with Crippen LogP contribution in [0.15, 0.2) is 54.3 Å². The Balaban J connectivity index is 1.56. The lowest BCUT2D eigenvalue weighted by Crippen LogP contribution is -2.46. The molecular formula is C47H59N5O10. The molecule has 0 saturated carbocycles. The van der Waals surface area contributed by atoms with E-state index in [0.717, 1.165) is 18.3 Å². The molecule has 2 bridgehead atoms. The first kappa shape index (κ1) is 46.2. The van der Waals surface area contributed by atoms with Gasteiger partial charge in [0.2, 0.25) is 5.78 Å². The van der Waals surface area contributed by atoms with E-state index in [-0.39, 0.29) is 16.8 Å². The summed E-state index contributed by atoms with van der Waals surface area (Å²) in [6.45, 7) is 12.8. The molecule has 5 N–H and O–H groups in total. The number of rotatable bonds is 5. The second-order valence-electron chi connectivity index (χ2n) is 16.4. The molecule has 1 aromatic carbocycles. The summed E-state index contributed by atoms with van der Waals surface area (Å²) in [7, 11) is 3.05. The molecule has 2 aromatic heterocycles. The van der Waals surface area contributed by atoms with Gasteiger partial charge >= 0.3 is 5.97 Å². The molecule has 3 aliphatic rings. The molecule has 4 heterocycles. The van der Waals surface area contributed by atoms with Crippen molar-refractivity contribution in [3.05, 3.63) is 70.3 Å². The number of allylic oxidation sites excluding steroid dienone is 3. The fourth-order valence-corrected chi connectivity index (χ4v) is 8.56. The molecule has 15 heteroatoms. The van der Waals surface area contributed by atoms with Crippen molar-refractivity contribution in [1.29, 1.82) is 0 Å². The predicted octanol–water partition coefficient (Wildman–Crippen LogP) is 3.14. The molecule has 15 nitrogen and oxygen atoms in total. The van der Waals surface area contributed by atoms with Crippen molar-refractivity contribution in [1.82, 2.24) is 19.8 Å². The zero-order valence-electron chi connectivity index (χ0n) is 36.7. The number of benzene rings is 1. The van der Waals surface area contributed by atoms with Gasteiger partial charge in [-0.1, -0.05) is 64.0 Å². The van der Waals surface area contributed by atoms with Crippen LogP contribution in [0.1, 0.15) is 64.7 Å². The number of aliphatic hydroxyl groups excluding tert-OH is 2. The van der Waals surface area contributed by atoms with Gasteiger partial charge in [-0.2, -0.15) is 0 Å². The summed E-state index contributed by atoms with van der Waals surface area (Å²) >= 11 is 0. The number of ketones is 1. The smallest absolute Gasteiger partial charge is 0.302 e. The SMILES string of the molecule is COC1C#CC(=O)c2c(O)c3c4c(nc5cc(=CNN6CCOCC6)ccn54)c2=C1CC/C=C/[C@H](OC)[C@@H](C)[C@@H](OC(C)=O)[C@H](C)[C@H](O)[C@H](C)[C@@H](O)[C@@H](C)/C=C/C=C(/C)C(=O)N3. The fraction of sp³-hybridized carbons (Fsp3) is 0.489. The van der Waals surface area contributed by atoms with Gasteiger partial charge in [0.15, 0.2) is 5.75 Å². The summed E-state index contributed by atoms with van der Waals surface area (Å²) in [4.78, 5) is 45.4. The number of hydrogen-bond acceptors (Lipinski definition) is 13. The van der Waals surface area contributed by atoms with Crippen LogP contribution in [0.3, 0.4) is 0 Å². The average molecular weight is 854 g/mol. The number of hydrogen-bond donors (Lipinski definition) is 5. The standard InChI is InChI=1S/C47H59N5O10/c1-26-12-11-13-27(2)47(58)50-41-42-40(49-37-24-32(18-19-52(37)42)25-48-51-20-22-61-23-21-51)38-33(36(60-8)17-16-34(54)39(38)45(41)57)14-9-10-15-35(59-7)28(3)46(62-31(6)53)30(5)44(56)29(4)43(26)55/h10-13,15,18-19,24-26,28-30,35-36,43-44,46,48,55-57H,9,14,20-23H2,1-8H3,(H,50,58)/b12-11+,15-10+,27-13-,32-25?/t26-,28+,29+,30+,35-,36?,43-,44+,46+/m0/s1. The number of aromatic hydroxyl groups is 1. The minimum Gasteiger partial charge on any atom is -0.505 e. The Bertz CT molecular complexity index is 2460. The number of esters is 1. The van der Waals surface area contributed by atoms with Gasteiger partial charge in [-0.25, -0.2) is 9.99 Å². The van der Waals surface area contributed by atoms with Crippen LogP contribution in [0, 0.1) is 35.5 Å². The number of amides is 1. The van der Waals surface area contributed by atoms with Crippen molar-refractivity contribution < 1.29 is 48.7 Å². The maximum atomic E-state index is 14.0. The van der Waals surface area contributed by atoms with Crippen molar-refractivity contribution in [2.45, 2.75) is 84.9 Å². The van der Waals surface area contributed by atoms with Gasteiger partial charge in [-0.3, -0.25) is 18.8 Å². The molecule has 9 atom stereocenters. The zero-order chi connectivity index (χ0) is 44.8. The van der Waals surface area contributed by atoms with Crippen LogP contribution >= 0.6 is 0 Å². The number of nitrogens with one attached hydrogen (secondary N) is 2. The normalized spacial score (nSPS) is 30.5. The Morgan fingerprint density at radius 3 is 2.48 bits per heavy atom. The molecule has 6 rings (SSSR count). The van der Waals surface area contributed by atoms with Gasteiger partial charge in [-0.05, 0) is 48.6 Å². The quantitative estimate of drug-likeness (QED) is 0.0828. The zero-order valence-corrected chi connectivity index (χ0v) is 36.7. The van der Waals surface area contributed by atoms with E-state index in [4.69, 9.17) is 23.9 Å². The Morgan fingerprint density at radius 1 is 1.05 bits per heavy atom. The predicted molar refractivity (Wildman–Crippen MR) is 235 cm³/mol. The van der Waals surface area contributed by atoms with E-state index < -0.39 is 77.6 Å². The summed E-state index contributed by atoms with van der Waals surface area (Å²) in [5.41, 5.74) is 5.28. The van der Waals surface area contributed by atoms with Gasteiger partial charge in [0.25, 0.3) is 5.91 Å². The number of carbonyl (C=O) groups is 3. The number of ether oxygens (including phenoxy) is 4. The van der Waals surface area contributed by atoms with Gasteiger partial charge in [-0.15, -0.1) is 0 Å². The number of fused-ring (bicyclic) bond motifs is 1. The highest BCUT2D eigenvalue weighted by atomic mass is 16.5. The molecular weight excluding hydrogens is 795 g/mol. The van der Waals surface area contributed by atoms with E-state index in [1.54, 1.807) is 63.6 Å². The number of methoxy groups -OCH3 is 2. The number of phenols is 1. The topological polar surface area (TPSA) is 193 Å². The molecule has 0 spiro atoms. The lowest BCUT2D eigenvalue weighted by atomic mass is 9.78. The number of hydrazine groups is 1. The molecule has 1 saturated heterocycles. The van der Waals surface area contributed by atoms with Crippen LogP contribution in [0.4, 0.5) is 5.69 Å². The number of Topliss-reactive ketones (excluding diaryl/α,β-unsaturated/α-hetero) is 1. The number of aliphatic hydroxyl groups is 2. The first-order valence-electron chi connectivity index (χ1n) is 21.1. The van der Waals surface area contributed by atoms with Crippen molar-refractivity contribution in [3.63, 3.8) is 0 Å². The Hall–Kier alpha value is -5.34. The summed E-state index contributed by atoms with van der Waals surface area (Å²) in [5, 5.41) is 41.2. The Labute approximate surface area is 361 Å². The summed E-state index contributed by atoms with van der Waals surface area (Å²) in [6, 6.07) is 3.74. The van der Waals surface area contributed by atoms with Gasteiger partial charge < -0.3 is 45.0 Å². The molecule has 2 aliphatic heterocycles. The van der Waals surface area contributed by atoms with Crippen LogP contribution in [-0.4, -0.2) is 118 Å². The largest absolute Gasteiger partial charge is 0.505 e. The van der Waals surface area contributed by atoms with Crippen molar-refractivity contribution in [2.24, 2.45) is 23.7 Å². The van der Waals surface area contributed by atoms with Gasteiger partial charge in [0.05, 0.1) is 37.1 Å². The maximum Gasteiger partial charge on any atom is 0.302 e. The maximum absolute atomic E-state index is 14.0. The molecule has 62 heavy (non-hydrogen) atoms. The van der Waals surface area contributed by atoms with E-state index in [2.05, 4.69) is 27.6 Å². The van der Waals surface area contributed by atoms with E-state index in [1.807, 2.05) is 37.4 Å². The molecule has 1 unspecified atom stereocenters. The van der Waals surface area contributed by atoms with Crippen LogP contribution in [0.5, 0.6) is 5.75 Å². The molecule has 332 valence electrons.